The molecule has 0 spiro atoms. The van der Waals surface area contributed by atoms with Gasteiger partial charge in [0, 0.05) is 0 Å². The van der Waals surface area contributed by atoms with Gasteiger partial charge in [0.25, 0.3) is 0 Å². The summed E-state index contributed by atoms with van der Waals surface area (Å²) in [7, 11) is 0. The first-order valence-electron chi connectivity index (χ1n) is 6.33. The van der Waals surface area contributed by atoms with Crippen molar-refractivity contribution in [1.82, 2.24) is 15.0 Å². The monoisotopic (exact) mass is 295 g/mol. The smallest absolute Gasteiger partial charge is 0.231 e. The van der Waals surface area contributed by atoms with Gasteiger partial charge in [0.05, 0.1) is 23.9 Å². The first kappa shape index (κ1) is 13.2. The zero-order chi connectivity index (χ0) is 14.1. The van der Waals surface area contributed by atoms with Crippen molar-refractivity contribution >= 4 is 11.6 Å². The topological polar surface area (TPSA) is 69.4 Å². The number of fused-ring (bicyclic) bond motifs is 1. The molecule has 1 N–H and O–H groups in total. The Hall–Kier alpha value is -1.79. The molecule has 0 radical (unpaired) electrons. The Morgan fingerprint density at radius 2 is 2.30 bits per heavy atom. The molecule has 3 rings (SSSR count). The van der Waals surface area contributed by atoms with Crippen molar-refractivity contribution in [2.75, 3.05) is 6.79 Å². The quantitative estimate of drug-likeness (QED) is 0.936. The Kier molecular flexibility index (Phi) is 3.50. The van der Waals surface area contributed by atoms with E-state index in [1.807, 2.05) is 19.1 Å². The van der Waals surface area contributed by atoms with E-state index in [1.54, 1.807) is 10.9 Å². The molecule has 0 amide bonds. The van der Waals surface area contributed by atoms with Crippen LogP contribution in [0.3, 0.4) is 0 Å². The van der Waals surface area contributed by atoms with Crippen LogP contribution in [0.5, 0.6) is 11.5 Å². The van der Waals surface area contributed by atoms with Crippen LogP contribution in [0.15, 0.2) is 18.3 Å². The predicted molar refractivity (Wildman–Crippen MR) is 71.9 cm³/mol. The number of hydrogen-bond donors (Lipinski definition) is 1. The molecule has 0 bridgehead atoms. The number of nitrogens with zero attached hydrogens (tertiary/aromatic N) is 3. The molecule has 1 unspecified atom stereocenters. The molecule has 7 heteroatoms. The molecule has 2 heterocycles. The second-order valence-electron chi connectivity index (χ2n) is 4.58. The maximum atomic E-state index is 9.71. The summed E-state index contributed by atoms with van der Waals surface area (Å²) in [6.45, 7) is 2.58. The highest BCUT2D eigenvalue weighted by molar-refractivity contribution is 6.32. The van der Waals surface area contributed by atoms with Gasteiger partial charge in [0.2, 0.25) is 6.79 Å². The zero-order valence-corrected chi connectivity index (χ0v) is 11.7. The van der Waals surface area contributed by atoms with Crippen LogP contribution in [-0.2, 0) is 6.54 Å². The lowest BCUT2D eigenvalue weighted by Gasteiger charge is -2.05. The molecule has 1 aromatic heterocycles. The van der Waals surface area contributed by atoms with Gasteiger partial charge in [-0.3, -0.25) is 0 Å². The minimum Gasteiger partial charge on any atom is -0.454 e. The summed E-state index contributed by atoms with van der Waals surface area (Å²) < 4.78 is 12.2. The van der Waals surface area contributed by atoms with Gasteiger partial charge in [-0.2, -0.15) is 0 Å². The van der Waals surface area contributed by atoms with Crippen LogP contribution in [0.25, 0.3) is 0 Å². The van der Waals surface area contributed by atoms with E-state index in [0.717, 1.165) is 5.56 Å². The highest BCUT2D eigenvalue weighted by Crippen LogP contribution is 2.39. The fourth-order valence-corrected chi connectivity index (χ4v) is 2.34. The molecule has 106 valence electrons. The molecular formula is C13H14ClN3O3. The number of rotatable bonds is 4. The molecule has 20 heavy (non-hydrogen) atoms. The highest BCUT2D eigenvalue weighted by atomic mass is 35.5. The summed E-state index contributed by atoms with van der Waals surface area (Å²) in [5.74, 6) is 1.22. The normalized spacial score (nSPS) is 14.6. The molecule has 0 aliphatic carbocycles. The Bertz CT molecular complexity index is 629. The Labute approximate surface area is 120 Å². The minimum absolute atomic E-state index is 0.189. The van der Waals surface area contributed by atoms with Gasteiger partial charge in [-0.25, -0.2) is 4.68 Å². The Morgan fingerprint density at radius 3 is 3.10 bits per heavy atom. The third-order valence-corrected chi connectivity index (χ3v) is 3.40. The van der Waals surface area contributed by atoms with E-state index in [2.05, 4.69) is 10.3 Å². The molecule has 0 fully saturated rings. The van der Waals surface area contributed by atoms with E-state index in [4.69, 9.17) is 21.1 Å². The SMILES string of the molecule is CCC(O)c1cn(Cc2cc(Cl)c3c(c2)OCO3)nn1. The molecule has 1 atom stereocenters. The first-order valence-corrected chi connectivity index (χ1v) is 6.71. The average Bonchev–Trinajstić information content (AvgIpc) is 3.07. The summed E-state index contributed by atoms with van der Waals surface area (Å²) in [4.78, 5) is 0. The number of benzene rings is 1. The van der Waals surface area contributed by atoms with Crippen molar-refractivity contribution in [1.29, 1.82) is 0 Å². The number of halogens is 1. The molecule has 2 aromatic rings. The fourth-order valence-electron chi connectivity index (χ4n) is 2.05. The van der Waals surface area contributed by atoms with Gasteiger partial charge >= 0.3 is 0 Å². The van der Waals surface area contributed by atoms with Crippen molar-refractivity contribution in [2.24, 2.45) is 0 Å². The number of hydrogen-bond acceptors (Lipinski definition) is 5. The van der Waals surface area contributed by atoms with E-state index in [1.165, 1.54) is 0 Å². The lowest BCUT2D eigenvalue weighted by molar-refractivity contribution is 0.168. The number of aromatic nitrogens is 3. The summed E-state index contributed by atoms with van der Waals surface area (Å²) >= 11 is 6.13. The van der Waals surface area contributed by atoms with Gasteiger partial charge in [-0.15, -0.1) is 5.10 Å². The maximum Gasteiger partial charge on any atom is 0.231 e. The first-order chi connectivity index (χ1) is 9.67. The van der Waals surface area contributed by atoms with Crippen molar-refractivity contribution < 1.29 is 14.6 Å². The van der Waals surface area contributed by atoms with Crippen LogP contribution in [0.1, 0.15) is 30.7 Å². The summed E-state index contributed by atoms with van der Waals surface area (Å²) in [6, 6.07) is 3.68. The van der Waals surface area contributed by atoms with Gasteiger partial charge < -0.3 is 14.6 Å². The molecule has 6 nitrogen and oxygen atoms in total. The summed E-state index contributed by atoms with van der Waals surface area (Å²) in [5, 5.41) is 18.2. The molecule has 0 saturated heterocycles. The summed E-state index contributed by atoms with van der Waals surface area (Å²) in [6.07, 6.45) is 1.75. The lowest BCUT2D eigenvalue weighted by Crippen LogP contribution is -2.00. The standard InChI is InChI=1S/C13H14ClN3O3/c1-2-11(18)10-6-17(16-15-10)5-8-3-9(14)13-12(4-8)19-7-20-13/h3-4,6,11,18H,2,5,7H2,1H3. The Morgan fingerprint density at radius 1 is 1.45 bits per heavy atom. The van der Waals surface area contributed by atoms with Crippen molar-refractivity contribution in [3.05, 3.63) is 34.6 Å². The second kappa shape index (κ2) is 5.30. The van der Waals surface area contributed by atoms with E-state index in [-0.39, 0.29) is 6.79 Å². The molecule has 1 aromatic carbocycles. The fraction of sp³-hybridized carbons (Fsp3) is 0.385. The third kappa shape index (κ3) is 2.44. The average molecular weight is 296 g/mol. The molecule has 1 aliphatic rings. The van der Waals surface area contributed by atoms with E-state index >= 15 is 0 Å². The lowest BCUT2D eigenvalue weighted by atomic mass is 10.2. The van der Waals surface area contributed by atoms with Crippen LogP contribution in [0.2, 0.25) is 5.02 Å². The number of ether oxygens (including phenoxy) is 2. The third-order valence-electron chi connectivity index (χ3n) is 3.12. The predicted octanol–water partition coefficient (Wildman–Crippen LogP) is 2.15. The van der Waals surface area contributed by atoms with Crippen LogP contribution >= 0.6 is 11.6 Å². The van der Waals surface area contributed by atoms with E-state index < -0.39 is 6.10 Å². The zero-order valence-electron chi connectivity index (χ0n) is 10.9. The van der Waals surface area contributed by atoms with Crippen LogP contribution in [0, 0.1) is 0 Å². The van der Waals surface area contributed by atoms with Gasteiger partial charge in [-0.05, 0) is 24.1 Å². The summed E-state index contributed by atoms with van der Waals surface area (Å²) in [5.41, 5.74) is 1.50. The van der Waals surface area contributed by atoms with Crippen LogP contribution < -0.4 is 9.47 Å². The highest BCUT2D eigenvalue weighted by Gasteiger charge is 2.18. The van der Waals surface area contributed by atoms with Crippen molar-refractivity contribution in [2.45, 2.75) is 26.0 Å². The minimum atomic E-state index is -0.580. The van der Waals surface area contributed by atoms with E-state index in [0.29, 0.717) is 35.2 Å². The molecule has 1 aliphatic heterocycles. The molecule has 0 saturated carbocycles. The van der Waals surface area contributed by atoms with Crippen LogP contribution in [0.4, 0.5) is 0 Å². The maximum absolute atomic E-state index is 9.71. The van der Waals surface area contributed by atoms with Crippen molar-refractivity contribution in [3.8, 4) is 11.5 Å². The van der Waals surface area contributed by atoms with E-state index in [9.17, 15) is 5.11 Å². The second-order valence-corrected chi connectivity index (χ2v) is 4.98. The van der Waals surface area contributed by atoms with Crippen LogP contribution in [-0.4, -0.2) is 26.9 Å². The van der Waals surface area contributed by atoms with Crippen molar-refractivity contribution in [3.63, 3.8) is 0 Å². The van der Waals surface area contributed by atoms with Gasteiger partial charge in [0.15, 0.2) is 11.5 Å². The number of aliphatic hydroxyl groups is 1. The van der Waals surface area contributed by atoms with Gasteiger partial charge in [0.1, 0.15) is 5.69 Å². The largest absolute Gasteiger partial charge is 0.454 e. The molecular weight excluding hydrogens is 282 g/mol. The number of aliphatic hydroxyl groups excluding tert-OH is 1. The Balaban J connectivity index is 1.81. The van der Waals surface area contributed by atoms with Gasteiger partial charge in [-0.1, -0.05) is 23.7 Å².